The number of ether oxygens (including phenoxy) is 1. The van der Waals surface area contributed by atoms with E-state index >= 15 is 0 Å². The quantitative estimate of drug-likeness (QED) is 0.507. The fourth-order valence-electron chi connectivity index (χ4n) is 3.35. The lowest BCUT2D eigenvalue weighted by Gasteiger charge is -2.19. The molecule has 7 heteroatoms. The first kappa shape index (κ1) is 19.3. The van der Waals surface area contributed by atoms with Crippen molar-refractivity contribution in [3.63, 3.8) is 0 Å². The first-order valence-corrected chi connectivity index (χ1v) is 10.2. The Morgan fingerprint density at radius 1 is 1.21 bits per heavy atom. The maximum absolute atomic E-state index is 13.0. The van der Waals surface area contributed by atoms with Crippen LogP contribution in [0.4, 0.5) is 5.69 Å². The van der Waals surface area contributed by atoms with Gasteiger partial charge in [-0.25, -0.2) is 4.98 Å². The molecular weight excluding hydrogens is 386 g/mol. The molecular formula is C22H21N3O3S. The van der Waals surface area contributed by atoms with Crippen molar-refractivity contribution in [3.8, 4) is 11.4 Å². The number of rotatable bonds is 5. The van der Waals surface area contributed by atoms with E-state index in [1.165, 1.54) is 22.9 Å². The molecule has 1 aliphatic rings. The number of ketones is 1. The fourth-order valence-corrected chi connectivity index (χ4v) is 4.31. The van der Waals surface area contributed by atoms with E-state index in [-0.39, 0.29) is 23.5 Å². The topological polar surface area (TPSA) is 73.2 Å². The van der Waals surface area contributed by atoms with Crippen molar-refractivity contribution in [3.05, 3.63) is 65.5 Å². The van der Waals surface area contributed by atoms with Crippen molar-refractivity contribution < 1.29 is 14.3 Å². The van der Waals surface area contributed by atoms with Gasteiger partial charge in [-0.15, -0.1) is 0 Å². The van der Waals surface area contributed by atoms with Crippen molar-refractivity contribution in [2.45, 2.75) is 31.2 Å². The first-order chi connectivity index (χ1) is 13.9. The molecule has 0 fully saturated rings. The molecule has 0 saturated carbocycles. The molecule has 4 rings (SSSR count). The lowest BCUT2D eigenvalue weighted by Crippen LogP contribution is -2.25. The Bertz CT molecular complexity index is 1090. The van der Waals surface area contributed by atoms with E-state index in [1.807, 2.05) is 17.7 Å². The van der Waals surface area contributed by atoms with Crippen molar-refractivity contribution >= 4 is 29.1 Å². The Kier molecular flexibility index (Phi) is 5.15. The Morgan fingerprint density at radius 3 is 2.72 bits per heavy atom. The zero-order chi connectivity index (χ0) is 20.5. The number of amides is 1. The number of imidazole rings is 1. The largest absolute Gasteiger partial charge is 0.482 e. The third-order valence-electron chi connectivity index (χ3n) is 4.64. The molecule has 6 nitrogen and oxygen atoms in total. The molecule has 3 aromatic rings. The van der Waals surface area contributed by atoms with Crippen molar-refractivity contribution in [2.75, 3.05) is 11.9 Å². The molecule has 1 atom stereocenters. The van der Waals surface area contributed by atoms with Crippen LogP contribution in [0.5, 0.6) is 5.75 Å². The summed E-state index contributed by atoms with van der Waals surface area (Å²) in [5, 5.41) is 3.15. The number of nitrogens with one attached hydrogen (secondary N) is 1. The normalized spacial score (nSPS) is 14.0. The number of hydrogen-bond acceptors (Lipinski definition) is 5. The molecule has 1 aromatic heterocycles. The number of hydrogen-bond donors (Lipinski definition) is 1. The highest BCUT2D eigenvalue weighted by Gasteiger charge is 2.22. The van der Waals surface area contributed by atoms with Gasteiger partial charge in [-0.05, 0) is 62.2 Å². The summed E-state index contributed by atoms with van der Waals surface area (Å²) in [6, 6.07) is 11.4. The molecule has 148 valence electrons. The van der Waals surface area contributed by atoms with E-state index in [1.54, 1.807) is 24.4 Å². The van der Waals surface area contributed by atoms with Crippen LogP contribution in [0.3, 0.4) is 0 Å². The number of aromatic nitrogens is 2. The van der Waals surface area contributed by atoms with Crippen molar-refractivity contribution in [1.29, 1.82) is 0 Å². The predicted octanol–water partition coefficient (Wildman–Crippen LogP) is 4.18. The minimum absolute atomic E-state index is 0.00631. The summed E-state index contributed by atoms with van der Waals surface area (Å²) >= 11 is 1.41. The highest BCUT2D eigenvalue weighted by molar-refractivity contribution is 8.00. The molecule has 1 N–H and O–H groups in total. The lowest BCUT2D eigenvalue weighted by molar-refractivity contribution is -0.118. The van der Waals surface area contributed by atoms with Gasteiger partial charge < -0.3 is 10.1 Å². The van der Waals surface area contributed by atoms with E-state index in [2.05, 4.69) is 42.3 Å². The van der Waals surface area contributed by atoms with Gasteiger partial charge in [0.15, 0.2) is 17.5 Å². The third-order valence-corrected chi connectivity index (χ3v) is 5.72. The molecule has 2 aromatic carbocycles. The van der Waals surface area contributed by atoms with Gasteiger partial charge in [-0.2, -0.15) is 0 Å². The molecule has 1 aliphatic heterocycles. The van der Waals surface area contributed by atoms with Crippen LogP contribution < -0.4 is 10.1 Å². The Hall–Kier alpha value is -3.06. The summed E-state index contributed by atoms with van der Waals surface area (Å²) in [6.45, 7) is 5.98. The maximum atomic E-state index is 13.0. The highest BCUT2D eigenvalue weighted by atomic mass is 32.2. The van der Waals surface area contributed by atoms with E-state index in [4.69, 9.17) is 4.74 Å². The average molecular weight is 407 g/mol. The second kappa shape index (κ2) is 7.75. The number of anilines is 1. The van der Waals surface area contributed by atoms with E-state index in [9.17, 15) is 9.59 Å². The second-order valence-corrected chi connectivity index (χ2v) is 8.41. The van der Waals surface area contributed by atoms with Crippen LogP contribution in [0.1, 0.15) is 28.4 Å². The minimum atomic E-state index is -0.347. The van der Waals surface area contributed by atoms with Crippen LogP contribution in [0, 0.1) is 13.8 Å². The zero-order valence-electron chi connectivity index (χ0n) is 16.4. The van der Waals surface area contributed by atoms with E-state index in [0.29, 0.717) is 17.0 Å². The molecule has 29 heavy (non-hydrogen) atoms. The van der Waals surface area contributed by atoms with Crippen LogP contribution in [0.2, 0.25) is 0 Å². The summed E-state index contributed by atoms with van der Waals surface area (Å²) in [5.74, 6) is 0.319. The summed E-state index contributed by atoms with van der Waals surface area (Å²) in [6.07, 6.45) is 3.64. The van der Waals surface area contributed by atoms with E-state index in [0.717, 1.165) is 10.8 Å². The Labute approximate surface area is 173 Å². The van der Waals surface area contributed by atoms with Crippen molar-refractivity contribution in [2.24, 2.45) is 0 Å². The highest BCUT2D eigenvalue weighted by Crippen LogP contribution is 2.31. The van der Waals surface area contributed by atoms with Gasteiger partial charge in [0.2, 0.25) is 0 Å². The first-order valence-electron chi connectivity index (χ1n) is 9.30. The number of aryl methyl sites for hydroxylation is 2. The van der Waals surface area contributed by atoms with Gasteiger partial charge in [0, 0.05) is 23.6 Å². The maximum Gasteiger partial charge on any atom is 0.262 e. The smallest absolute Gasteiger partial charge is 0.262 e. The Morgan fingerprint density at radius 2 is 1.97 bits per heavy atom. The van der Waals surface area contributed by atoms with Crippen LogP contribution in [0.15, 0.2) is 53.9 Å². The second-order valence-electron chi connectivity index (χ2n) is 7.10. The fraction of sp³-hybridized carbons (Fsp3) is 0.227. The summed E-state index contributed by atoms with van der Waals surface area (Å²) in [4.78, 5) is 29.0. The van der Waals surface area contributed by atoms with Crippen LogP contribution in [-0.2, 0) is 4.79 Å². The molecule has 0 saturated heterocycles. The number of thioether (sulfide) groups is 1. The lowest BCUT2D eigenvalue weighted by atomic mass is 10.1. The number of carbonyl (C=O) groups excluding carboxylic acids is 2. The van der Waals surface area contributed by atoms with Gasteiger partial charge in [0.05, 0.1) is 10.9 Å². The minimum Gasteiger partial charge on any atom is -0.482 e. The summed E-state index contributed by atoms with van der Waals surface area (Å²) in [7, 11) is 0. The van der Waals surface area contributed by atoms with Crippen LogP contribution >= 0.6 is 11.8 Å². The monoisotopic (exact) mass is 407 g/mol. The molecule has 0 radical (unpaired) electrons. The van der Waals surface area contributed by atoms with Gasteiger partial charge >= 0.3 is 0 Å². The Balaban J connectivity index is 1.55. The van der Waals surface area contributed by atoms with Crippen molar-refractivity contribution in [1.82, 2.24) is 9.55 Å². The predicted molar refractivity (Wildman–Crippen MR) is 113 cm³/mol. The summed E-state index contributed by atoms with van der Waals surface area (Å²) in [5.41, 5.74) is 4.43. The molecule has 1 unspecified atom stereocenters. The molecule has 0 aliphatic carbocycles. The number of benzene rings is 2. The van der Waals surface area contributed by atoms with Gasteiger partial charge in [0.25, 0.3) is 5.91 Å². The SMILES string of the molecule is Cc1cc(C)cc(-n2ccnc2SC(C)C(=O)c2ccc3c(c2)NC(=O)CO3)c1. The van der Waals surface area contributed by atoms with Gasteiger partial charge in [-0.1, -0.05) is 17.8 Å². The van der Waals surface area contributed by atoms with Crippen LogP contribution in [0.25, 0.3) is 5.69 Å². The number of fused-ring (bicyclic) bond motifs is 1. The molecule has 0 bridgehead atoms. The molecule has 2 heterocycles. The molecule has 0 spiro atoms. The number of nitrogens with zero attached hydrogens (tertiary/aromatic N) is 2. The van der Waals surface area contributed by atoms with Crippen LogP contribution in [-0.4, -0.2) is 33.1 Å². The average Bonchev–Trinajstić information content (AvgIpc) is 3.14. The van der Waals surface area contributed by atoms with Gasteiger partial charge in [-0.3, -0.25) is 14.2 Å². The third kappa shape index (κ3) is 4.05. The number of carbonyl (C=O) groups is 2. The zero-order valence-corrected chi connectivity index (χ0v) is 17.2. The standard InChI is InChI=1S/C22H21N3O3S/c1-13-8-14(2)10-17(9-13)25-7-6-23-22(25)29-15(3)21(27)16-4-5-19-18(11-16)24-20(26)12-28-19/h4-11,15H,12H2,1-3H3,(H,24,26). The van der Waals surface area contributed by atoms with Gasteiger partial charge in [0.1, 0.15) is 5.75 Å². The summed E-state index contributed by atoms with van der Waals surface area (Å²) < 4.78 is 7.35. The number of Topliss-reactive ketones (excluding diaryl/α,β-unsaturated/α-hetero) is 1. The van der Waals surface area contributed by atoms with E-state index < -0.39 is 0 Å². The molecule has 1 amide bonds.